The molecule has 0 unspecified atom stereocenters. The first-order chi connectivity index (χ1) is 9.90. The van der Waals surface area contributed by atoms with E-state index in [9.17, 15) is 0 Å². The number of rotatable bonds is 4. The van der Waals surface area contributed by atoms with Crippen LogP contribution in [0.5, 0.6) is 0 Å². The highest BCUT2D eigenvalue weighted by molar-refractivity contribution is 5.15. The van der Waals surface area contributed by atoms with E-state index in [1.807, 2.05) is 0 Å². The van der Waals surface area contributed by atoms with Crippen molar-refractivity contribution < 1.29 is 0 Å². The average Bonchev–Trinajstić information content (AvgIpc) is 2.50. The zero-order valence-corrected chi connectivity index (χ0v) is 11.7. The molecule has 1 N–H and O–H groups in total. The molecule has 0 aliphatic carbocycles. The molecule has 0 bridgehead atoms. The minimum atomic E-state index is 0.959. The summed E-state index contributed by atoms with van der Waals surface area (Å²) in [6.45, 7) is 4.93. The van der Waals surface area contributed by atoms with Gasteiger partial charge in [0.05, 0.1) is 20.0 Å². The molecule has 20 heavy (non-hydrogen) atoms. The lowest BCUT2D eigenvalue weighted by molar-refractivity contribution is 0.0545. The second-order valence-corrected chi connectivity index (χ2v) is 5.34. The first kappa shape index (κ1) is 13.3. The largest absolute Gasteiger partial charge is 0.291 e. The van der Waals surface area contributed by atoms with Gasteiger partial charge in [-0.3, -0.25) is 15.1 Å². The summed E-state index contributed by atoms with van der Waals surface area (Å²) in [5.41, 5.74) is 2.74. The van der Waals surface area contributed by atoms with Crippen molar-refractivity contribution in [3.63, 3.8) is 0 Å². The number of nitrogens with zero attached hydrogens (tertiary/aromatic N) is 2. The highest BCUT2D eigenvalue weighted by Crippen LogP contribution is 2.10. The van der Waals surface area contributed by atoms with Crippen LogP contribution in [-0.4, -0.2) is 29.8 Å². The molecule has 104 valence electrons. The molecular weight excluding hydrogens is 246 g/mol. The van der Waals surface area contributed by atoms with Crippen molar-refractivity contribution >= 4 is 0 Å². The van der Waals surface area contributed by atoms with Gasteiger partial charge in [-0.1, -0.05) is 60.7 Å². The SMILES string of the molecule is c1ccc(CN2CNCN(Cc3ccccc3)C2)cc1. The normalized spacial score (nSPS) is 17.2. The number of nitrogens with one attached hydrogen (secondary N) is 1. The van der Waals surface area contributed by atoms with E-state index in [-0.39, 0.29) is 0 Å². The van der Waals surface area contributed by atoms with Crippen molar-refractivity contribution in [1.29, 1.82) is 0 Å². The van der Waals surface area contributed by atoms with Crippen molar-refractivity contribution in [3.05, 3.63) is 71.8 Å². The summed E-state index contributed by atoms with van der Waals surface area (Å²) in [6, 6.07) is 21.3. The Morgan fingerprint density at radius 3 is 1.60 bits per heavy atom. The van der Waals surface area contributed by atoms with E-state index < -0.39 is 0 Å². The van der Waals surface area contributed by atoms with Gasteiger partial charge in [0.2, 0.25) is 0 Å². The monoisotopic (exact) mass is 267 g/mol. The van der Waals surface area contributed by atoms with Crippen LogP contribution < -0.4 is 5.32 Å². The highest BCUT2D eigenvalue weighted by Gasteiger charge is 2.16. The molecule has 3 nitrogen and oxygen atoms in total. The zero-order chi connectivity index (χ0) is 13.6. The van der Waals surface area contributed by atoms with Crippen LogP contribution in [0, 0.1) is 0 Å². The third kappa shape index (κ3) is 3.67. The fraction of sp³-hybridized carbons (Fsp3) is 0.294. The lowest BCUT2D eigenvalue weighted by atomic mass is 10.2. The van der Waals surface area contributed by atoms with Crippen LogP contribution >= 0.6 is 0 Å². The third-order valence-electron chi connectivity index (χ3n) is 3.57. The van der Waals surface area contributed by atoms with E-state index in [1.165, 1.54) is 11.1 Å². The van der Waals surface area contributed by atoms with E-state index >= 15 is 0 Å². The van der Waals surface area contributed by atoms with Gasteiger partial charge in [-0.2, -0.15) is 0 Å². The van der Waals surface area contributed by atoms with Crippen molar-refractivity contribution in [2.24, 2.45) is 0 Å². The summed E-state index contributed by atoms with van der Waals surface area (Å²) in [5, 5.41) is 3.48. The van der Waals surface area contributed by atoms with Gasteiger partial charge in [-0.25, -0.2) is 0 Å². The van der Waals surface area contributed by atoms with Crippen LogP contribution in [0.1, 0.15) is 11.1 Å². The second kappa shape index (κ2) is 6.66. The molecule has 0 spiro atoms. The van der Waals surface area contributed by atoms with Gasteiger partial charge in [-0.05, 0) is 11.1 Å². The Balaban J connectivity index is 1.57. The Labute approximate surface area is 120 Å². The quantitative estimate of drug-likeness (QED) is 0.918. The van der Waals surface area contributed by atoms with Crippen LogP contribution in [0.3, 0.4) is 0 Å². The maximum atomic E-state index is 3.48. The Bertz CT molecular complexity index is 465. The van der Waals surface area contributed by atoms with Crippen molar-refractivity contribution in [1.82, 2.24) is 15.1 Å². The summed E-state index contributed by atoms with van der Waals surface area (Å²) in [5.74, 6) is 0. The maximum absolute atomic E-state index is 3.48. The predicted molar refractivity (Wildman–Crippen MR) is 81.7 cm³/mol. The van der Waals surface area contributed by atoms with Crippen molar-refractivity contribution in [2.45, 2.75) is 13.1 Å². The molecule has 1 aliphatic heterocycles. The second-order valence-electron chi connectivity index (χ2n) is 5.34. The van der Waals surface area contributed by atoms with Crippen molar-refractivity contribution in [3.8, 4) is 0 Å². The minimum Gasteiger partial charge on any atom is -0.291 e. The maximum Gasteiger partial charge on any atom is 0.0536 e. The van der Waals surface area contributed by atoms with Crippen LogP contribution in [0.2, 0.25) is 0 Å². The summed E-state index contributed by atoms with van der Waals surface area (Å²) >= 11 is 0. The molecule has 0 saturated carbocycles. The van der Waals surface area contributed by atoms with Crippen molar-refractivity contribution in [2.75, 3.05) is 20.0 Å². The molecule has 0 radical (unpaired) electrons. The molecule has 2 aromatic rings. The first-order valence-corrected chi connectivity index (χ1v) is 7.13. The molecule has 0 amide bonds. The van der Waals surface area contributed by atoms with Gasteiger partial charge in [-0.15, -0.1) is 0 Å². The number of hydrogen-bond acceptors (Lipinski definition) is 3. The molecule has 3 heteroatoms. The summed E-state index contributed by atoms with van der Waals surface area (Å²) < 4.78 is 0. The smallest absolute Gasteiger partial charge is 0.0536 e. The number of benzene rings is 2. The molecule has 0 atom stereocenters. The van der Waals surface area contributed by atoms with E-state index in [0.717, 1.165) is 33.1 Å². The molecule has 1 aliphatic rings. The third-order valence-corrected chi connectivity index (χ3v) is 3.57. The Hall–Kier alpha value is -1.68. The van der Waals surface area contributed by atoms with Crippen LogP contribution in [-0.2, 0) is 13.1 Å². The van der Waals surface area contributed by atoms with Gasteiger partial charge < -0.3 is 0 Å². The standard InChI is InChI=1S/C17H21N3/c1-3-7-16(8-4-1)11-19-13-18-14-20(15-19)12-17-9-5-2-6-10-17/h1-10,18H,11-15H2. The molecule has 1 heterocycles. The molecule has 3 rings (SSSR count). The fourth-order valence-corrected chi connectivity index (χ4v) is 2.64. The fourth-order valence-electron chi connectivity index (χ4n) is 2.64. The lowest BCUT2D eigenvalue weighted by Crippen LogP contribution is -2.52. The highest BCUT2D eigenvalue weighted by atomic mass is 15.4. The van der Waals surface area contributed by atoms with Gasteiger partial charge in [0.15, 0.2) is 0 Å². The molecule has 1 saturated heterocycles. The Morgan fingerprint density at radius 1 is 0.700 bits per heavy atom. The predicted octanol–water partition coefficient (Wildman–Crippen LogP) is 2.47. The average molecular weight is 267 g/mol. The summed E-state index contributed by atoms with van der Waals surface area (Å²) in [6.07, 6.45) is 0. The number of hydrogen-bond donors (Lipinski definition) is 1. The lowest BCUT2D eigenvalue weighted by Gasteiger charge is -2.36. The first-order valence-electron chi connectivity index (χ1n) is 7.13. The summed E-state index contributed by atoms with van der Waals surface area (Å²) in [7, 11) is 0. The zero-order valence-electron chi connectivity index (χ0n) is 11.7. The topological polar surface area (TPSA) is 18.5 Å². The molecule has 2 aromatic carbocycles. The molecule has 0 aromatic heterocycles. The van der Waals surface area contributed by atoms with Crippen LogP contribution in [0.15, 0.2) is 60.7 Å². The minimum absolute atomic E-state index is 0.959. The van der Waals surface area contributed by atoms with E-state index in [0.29, 0.717) is 0 Å². The van der Waals surface area contributed by atoms with Crippen LogP contribution in [0.25, 0.3) is 0 Å². The Morgan fingerprint density at radius 2 is 1.15 bits per heavy atom. The van der Waals surface area contributed by atoms with Crippen LogP contribution in [0.4, 0.5) is 0 Å². The van der Waals surface area contributed by atoms with Gasteiger partial charge in [0.1, 0.15) is 0 Å². The molecular formula is C17H21N3. The summed E-state index contributed by atoms with van der Waals surface area (Å²) in [4.78, 5) is 4.86. The van der Waals surface area contributed by atoms with Gasteiger partial charge in [0.25, 0.3) is 0 Å². The van der Waals surface area contributed by atoms with E-state index in [1.54, 1.807) is 0 Å². The molecule has 1 fully saturated rings. The van der Waals surface area contributed by atoms with Gasteiger partial charge >= 0.3 is 0 Å². The van der Waals surface area contributed by atoms with E-state index in [2.05, 4.69) is 75.8 Å². The van der Waals surface area contributed by atoms with E-state index in [4.69, 9.17) is 0 Å². The van der Waals surface area contributed by atoms with Gasteiger partial charge in [0, 0.05) is 13.1 Å². The Kier molecular flexibility index (Phi) is 4.43.